The molecule has 0 amide bonds. The first-order valence-corrected chi connectivity index (χ1v) is 6.63. The topological polar surface area (TPSA) is 52.3 Å². The SMILES string of the molecule is CC(C)CCOC(=O)[C@@](C)(CC(C)C)C(C)N. The second-order valence-electron chi connectivity index (χ2n) is 6.12. The van der Waals surface area contributed by atoms with Crippen LogP contribution in [-0.4, -0.2) is 18.6 Å². The Morgan fingerprint density at radius 3 is 2.06 bits per heavy atom. The molecule has 0 aromatic heterocycles. The number of esters is 1. The van der Waals surface area contributed by atoms with Crippen molar-refractivity contribution >= 4 is 5.97 Å². The van der Waals surface area contributed by atoms with Gasteiger partial charge in [-0.15, -0.1) is 0 Å². The van der Waals surface area contributed by atoms with E-state index in [1.807, 2.05) is 13.8 Å². The van der Waals surface area contributed by atoms with E-state index in [2.05, 4.69) is 27.7 Å². The average molecular weight is 243 g/mol. The quantitative estimate of drug-likeness (QED) is 0.699. The Hall–Kier alpha value is -0.570. The first-order valence-electron chi connectivity index (χ1n) is 6.63. The van der Waals surface area contributed by atoms with Crippen molar-refractivity contribution in [3.8, 4) is 0 Å². The first-order chi connectivity index (χ1) is 7.70. The second kappa shape index (κ2) is 7.00. The van der Waals surface area contributed by atoms with Gasteiger partial charge in [-0.1, -0.05) is 27.7 Å². The van der Waals surface area contributed by atoms with Crippen LogP contribution in [0.1, 0.15) is 54.4 Å². The zero-order valence-corrected chi connectivity index (χ0v) is 12.2. The molecule has 0 aliphatic heterocycles. The van der Waals surface area contributed by atoms with E-state index in [1.54, 1.807) is 0 Å². The molecule has 0 aliphatic rings. The fourth-order valence-electron chi connectivity index (χ4n) is 1.86. The van der Waals surface area contributed by atoms with Crippen LogP contribution in [0.4, 0.5) is 0 Å². The fourth-order valence-corrected chi connectivity index (χ4v) is 1.86. The maximum Gasteiger partial charge on any atom is 0.313 e. The minimum absolute atomic E-state index is 0.151. The molecule has 0 bridgehead atoms. The van der Waals surface area contributed by atoms with E-state index >= 15 is 0 Å². The molecule has 0 rings (SSSR count). The Labute approximate surface area is 106 Å². The molecule has 0 aromatic rings. The summed E-state index contributed by atoms with van der Waals surface area (Å²) in [5, 5.41) is 0. The molecule has 0 aliphatic carbocycles. The molecule has 17 heavy (non-hydrogen) atoms. The van der Waals surface area contributed by atoms with Crippen LogP contribution in [0.5, 0.6) is 0 Å². The maximum atomic E-state index is 12.1. The van der Waals surface area contributed by atoms with E-state index in [4.69, 9.17) is 10.5 Å². The lowest BCUT2D eigenvalue weighted by molar-refractivity contribution is -0.157. The van der Waals surface area contributed by atoms with E-state index in [0.717, 1.165) is 12.8 Å². The van der Waals surface area contributed by atoms with Crippen LogP contribution in [-0.2, 0) is 9.53 Å². The Morgan fingerprint density at radius 2 is 1.71 bits per heavy atom. The number of rotatable bonds is 7. The molecule has 2 N–H and O–H groups in total. The predicted molar refractivity (Wildman–Crippen MR) is 71.6 cm³/mol. The van der Waals surface area contributed by atoms with Crippen molar-refractivity contribution < 1.29 is 9.53 Å². The molecule has 2 atom stereocenters. The van der Waals surface area contributed by atoms with E-state index in [1.165, 1.54) is 0 Å². The highest BCUT2D eigenvalue weighted by molar-refractivity contribution is 5.77. The van der Waals surface area contributed by atoms with Crippen molar-refractivity contribution in [2.45, 2.75) is 60.4 Å². The summed E-state index contributed by atoms with van der Waals surface area (Å²) >= 11 is 0. The molecule has 1 unspecified atom stereocenters. The molecule has 0 saturated heterocycles. The molecule has 102 valence electrons. The van der Waals surface area contributed by atoms with Gasteiger partial charge in [-0.3, -0.25) is 4.79 Å². The standard InChI is InChI=1S/C14H29NO2/c1-10(2)7-8-17-13(16)14(6,12(5)15)9-11(3)4/h10-12H,7-9,15H2,1-6H3/t12?,14-/m0/s1. The van der Waals surface area contributed by atoms with Crippen LogP contribution in [0.25, 0.3) is 0 Å². The predicted octanol–water partition coefficient (Wildman–Crippen LogP) is 2.98. The van der Waals surface area contributed by atoms with Crippen LogP contribution in [0.2, 0.25) is 0 Å². The Kier molecular flexibility index (Phi) is 6.76. The summed E-state index contributed by atoms with van der Waals surface area (Å²) in [6.07, 6.45) is 1.67. The monoisotopic (exact) mass is 243 g/mol. The number of carbonyl (C=O) groups is 1. The molecule has 0 saturated carbocycles. The van der Waals surface area contributed by atoms with E-state index in [9.17, 15) is 4.79 Å². The lowest BCUT2D eigenvalue weighted by Crippen LogP contribution is -2.45. The van der Waals surface area contributed by atoms with Crippen molar-refractivity contribution in [3.63, 3.8) is 0 Å². The fraction of sp³-hybridized carbons (Fsp3) is 0.929. The number of carbonyl (C=O) groups excluding carboxylic acids is 1. The van der Waals surface area contributed by atoms with Gasteiger partial charge < -0.3 is 10.5 Å². The average Bonchev–Trinajstić information content (AvgIpc) is 2.15. The van der Waals surface area contributed by atoms with Crippen molar-refractivity contribution in [3.05, 3.63) is 0 Å². The molecule has 3 heteroatoms. The third-order valence-electron chi connectivity index (χ3n) is 3.23. The molecule has 3 nitrogen and oxygen atoms in total. The molecule has 0 radical (unpaired) electrons. The minimum Gasteiger partial charge on any atom is -0.465 e. The largest absolute Gasteiger partial charge is 0.465 e. The van der Waals surface area contributed by atoms with Crippen LogP contribution < -0.4 is 5.73 Å². The summed E-state index contributed by atoms with van der Waals surface area (Å²) in [6, 6.07) is -0.184. The van der Waals surface area contributed by atoms with E-state index in [0.29, 0.717) is 18.4 Å². The molecule has 0 heterocycles. The Bertz CT molecular complexity index is 236. The van der Waals surface area contributed by atoms with Gasteiger partial charge in [0.1, 0.15) is 0 Å². The van der Waals surface area contributed by atoms with Gasteiger partial charge in [0.2, 0.25) is 0 Å². The summed E-state index contributed by atoms with van der Waals surface area (Å²) in [5.74, 6) is 0.833. The lowest BCUT2D eigenvalue weighted by Gasteiger charge is -2.32. The van der Waals surface area contributed by atoms with Crippen molar-refractivity contribution in [1.82, 2.24) is 0 Å². The van der Waals surface area contributed by atoms with Gasteiger partial charge in [-0.05, 0) is 38.5 Å². The smallest absolute Gasteiger partial charge is 0.313 e. The highest BCUT2D eigenvalue weighted by atomic mass is 16.5. The van der Waals surface area contributed by atoms with Gasteiger partial charge in [-0.25, -0.2) is 0 Å². The number of hydrogen-bond donors (Lipinski definition) is 1. The van der Waals surface area contributed by atoms with Crippen molar-refractivity contribution in [2.75, 3.05) is 6.61 Å². The third kappa shape index (κ3) is 5.53. The van der Waals surface area contributed by atoms with Gasteiger partial charge in [0, 0.05) is 6.04 Å². The van der Waals surface area contributed by atoms with Crippen LogP contribution >= 0.6 is 0 Å². The van der Waals surface area contributed by atoms with Crippen molar-refractivity contribution in [1.29, 1.82) is 0 Å². The van der Waals surface area contributed by atoms with Crippen LogP contribution in [0, 0.1) is 17.3 Å². The minimum atomic E-state index is -0.564. The summed E-state index contributed by atoms with van der Waals surface area (Å²) in [6.45, 7) is 12.7. The van der Waals surface area contributed by atoms with Crippen LogP contribution in [0.3, 0.4) is 0 Å². The molecule has 0 fully saturated rings. The highest BCUT2D eigenvalue weighted by Crippen LogP contribution is 2.30. The summed E-state index contributed by atoms with van der Waals surface area (Å²) < 4.78 is 5.36. The van der Waals surface area contributed by atoms with Crippen molar-refractivity contribution in [2.24, 2.45) is 23.0 Å². The number of nitrogens with two attached hydrogens (primary N) is 1. The molecular weight excluding hydrogens is 214 g/mol. The van der Waals surface area contributed by atoms with E-state index in [-0.39, 0.29) is 12.0 Å². The molecule has 0 aromatic carbocycles. The second-order valence-corrected chi connectivity index (χ2v) is 6.12. The van der Waals surface area contributed by atoms with Gasteiger partial charge >= 0.3 is 5.97 Å². The molecular formula is C14H29NO2. The van der Waals surface area contributed by atoms with Gasteiger partial charge in [0.05, 0.1) is 12.0 Å². The zero-order chi connectivity index (χ0) is 13.6. The normalized spacial score (nSPS) is 17.0. The lowest BCUT2D eigenvalue weighted by atomic mass is 9.76. The van der Waals surface area contributed by atoms with Crippen LogP contribution in [0.15, 0.2) is 0 Å². The summed E-state index contributed by atoms with van der Waals surface area (Å²) in [5.41, 5.74) is 5.39. The summed E-state index contributed by atoms with van der Waals surface area (Å²) in [4.78, 5) is 12.1. The summed E-state index contributed by atoms with van der Waals surface area (Å²) in [7, 11) is 0. The van der Waals surface area contributed by atoms with Gasteiger partial charge in [-0.2, -0.15) is 0 Å². The Balaban J connectivity index is 4.44. The molecule has 0 spiro atoms. The first kappa shape index (κ1) is 16.4. The zero-order valence-electron chi connectivity index (χ0n) is 12.2. The number of hydrogen-bond acceptors (Lipinski definition) is 3. The third-order valence-corrected chi connectivity index (χ3v) is 3.23. The van der Waals surface area contributed by atoms with Gasteiger partial charge in [0.25, 0.3) is 0 Å². The van der Waals surface area contributed by atoms with Gasteiger partial charge in [0.15, 0.2) is 0 Å². The maximum absolute atomic E-state index is 12.1. The van der Waals surface area contributed by atoms with E-state index < -0.39 is 5.41 Å². The Morgan fingerprint density at radius 1 is 1.18 bits per heavy atom. The highest BCUT2D eigenvalue weighted by Gasteiger charge is 2.39. The number of ether oxygens (including phenoxy) is 1.